The smallest absolute Gasteiger partial charge is 0.0563 e. The molecule has 1 atom stereocenters. The lowest BCUT2D eigenvalue weighted by Crippen LogP contribution is -2.26. The van der Waals surface area contributed by atoms with Crippen LogP contribution < -0.4 is 0 Å². The molecule has 1 nitrogen and oxygen atoms in total. The molecule has 0 heterocycles. The molecule has 0 spiro atoms. The first-order valence-corrected chi connectivity index (χ1v) is 5.18. The van der Waals surface area contributed by atoms with E-state index in [0.717, 1.165) is 6.42 Å². The molecule has 1 heteroatoms. The zero-order chi connectivity index (χ0) is 9.61. The lowest BCUT2D eigenvalue weighted by Gasteiger charge is -2.27. The van der Waals surface area contributed by atoms with Crippen molar-refractivity contribution >= 4 is 0 Å². The van der Waals surface area contributed by atoms with Crippen LogP contribution in [0, 0.1) is 5.41 Å². The van der Waals surface area contributed by atoms with Gasteiger partial charge in [-0.2, -0.15) is 0 Å². The average molecular weight is 172 g/mol. The predicted molar refractivity (Wildman–Crippen MR) is 54.2 cm³/mol. The highest BCUT2D eigenvalue weighted by Crippen LogP contribution is 2.27. The third kappa shape index (κ3) is 4.76. The number of rotatable bonds is 6. The van der Waals surface area contributed by atoms with Gasteiger partial charge in [-0.15, -0.1) is 0 Å². The van der Waals surface area contributed by atoms with E-state index in [9.17, 15) is 5.11 Å². The van der Waals surface area contributed by atoms with Crippen LogP contribution in [0.5, 0.6) is 0 Å². The van der Waals surface area contributed by atoms with Gasteiger partial charge in [0.25, 0.3) is 0 Å². The highest BCUT2D eigenvalue weighted by molar-refractivity contribution is 4.73. The first-order chi connectivity index (χ1) is 5.50. The van der Waals surface area contributed by atoms with Gasteiger partial charge in [0.1, 0.15) is 0 Å². The molecule has 0 aromatic carbocycles. The number of aliphatic hydroxyl groups excluding tert-OH is 1. The van der Waals surface area contributed by atoms with Crippen LogP contribution in [0.2, 0.25) is 0 Å². The Morgan fingerprint density at radius 1 is 1.17 bits per heavy atom. The lowest BCUT2D eigenvalue weighted by atomic mass is 9.82. The highest BCUT2D eigenvalue weighted by atomic mass is 16.3. The predicted octanol–water partition coefficient (Wildman–Crippen LogP) is 3.36. The zero-order valence-corrected chi connectivity index (χ0v) is 9.06. The molecular weight excluding hydrogens is 148 g/mol. The Hall–Kier alpha value is -0.0400. The summed E-state index contributed by atoms with van der Waals surface area (Å²) in [6.07, 6.45) is 6.15. The Morgan fingerprint density at radius 3 is 2.17 bits per heavy atom. The van der Waals surface area contributed by atoms with Gasteiger partial charge >= 0.3 is 0 Å². The first kappa shape index (κ1) is 12.0. The molecule has 12 heavy (non-hydrogen) atoms. The fraction of sp³-hybridized carbons (Fsp3) is 1.00. The molecule has 0 saturated carbocycles. The molecule has 0 saturated heterocycles. The molecule has 0 aromatic rings. The van der Waals surface area contributed by atoms with Crippen LogP contribution in [0.25, 0.3) is 0 Å². The summed E-state index contributed by atoms with van der Waals surface area (Å²) in [6, 6.07) is 0. The molecule has 0 rings (SSSR count). The highest BCUT2D eigenvalue weighted by Gasteiger charge is 2.22. The topological polar surface area (TPSA) is 20.2 Å². The third-order valence-corrected chi connectivity index (χ3v) is 2.81. The Balaban J connectivity index is 3.47. The van der Waals surface area contributed by atoms with Crippen molar-refractivity contribution in [1.82, 2.24) is 0 Å². The van der Waals surface area contributed by atoms with Crippen molar-refractivity contribution < 1.29 is 5.11 Å². The second-order valence-corrected chi connectivity index (χ2v) is 4.48. The molecular formula is C11H24O. The quantitative estimate of drug-likeness (QED) is 0.609. The summed E-state index contributed by atoms with van der Waals surface area (Å²) in [6.45, 7) is 8.40. The molecule has 1 unspecified atom stereocenters. The maximum atomic E-state index is 9.44. The molecule has 0 bridgehead atoms. The minimum absolute atomic E-state index is 0.105. The molecule has 74 valence electrons. The van der Waals surface area contributed by atoms with Gasteiger partial charge in [0.05, 0.1) is 6.10 Å². The Labute approximate surface area is 77.2 Å². The molecule has 0 fully saturated rings. The van der Waals surface area contributed by atoms with Crippen molar-refractivity contribution in [2.75, 3.05) is 0 Å². The van der Waals surface area contributed by atoms with Gasteiger partial charge < -0.3 is 5.11 Å². The monoisotopic (exact) mass is 172 g/mol. The fourth-order valence-electron chi connectivity index (χ4n) is 1.22. The third-order valence-electron chi connectivity index (χ3n) is 2.81. The summed E-state index contributed by atoms with van der Waals surface area (Å²) in [5.74, 6) is 0. The van der Waals surface area contributed by atoms with Crippen molar-refractivity contribution in [3.63, 3.8) is 0 Å². The zero-order valence-electron chi connectivity index (χ0n) is 9.06. The summed E-state index contributed by atoms with van der Waals surface area (Å²) in [7, 11) is 0. The average Bonchev–Trinajstić information content (AvgIpc) is 1.98. The van der Waals surface area contributed by atoms with E-state index < -0.39 is 0 Å². The van der Waals surface area contributed by atoms with E-state index in [1.807, 2.05) is 6.92 Å². The van der Waals surface area contributed by atoms with Gasteiger partial charge in [0.2, 0.25) is 0 Å². The standard InChI is InChI=1S/C11H24O/c1-5-6-7-8-9-11(3,4)10(2)12/h10,12H,5-9H2,1-4H3. The molecule has 0 radical (unpaired) electrons. The number of unbranched alkanes of at least 4 members (excludes halogenated alkanes) is 3. The van der Waals surface area contributed by atoms with E-state index in [4.69, 9.17) is 0 Å². The van der Waals surface area contributed by atoms with Crippen molar-refractivity contribution in [2.45, 2.75) is 65.9 Å². The van der Waals surface area contributed by atoms with Crippen LogP contribution in [-0.2, 0) is 0 Å². The largest absolute Gasteiger partial charge is 0.393 e. The van der Waals surface area contributed by atoms with Crippen molar-refractivity contribution in [2.24, 2.45) is 5.41 Å². The van der Waals surface area contributed by atoms with Gasteiger partial charge in [-0.3, -0.25) is 0 Å². The second kappa shape index (κ2) is 5.58. The molecule has 0 amide bonds. The van der Waals surface area contributed by atoms with E-state index in [1.165, 1.54) is 25.7 Å². The number of aliphatic hydroxyl groups is 1. The van der Waals surface area contributed by atoms with E-state index in [1.54, 1.807) is 0 Å². The normalized spacial score (nSPS) is 14.8. The SMILES string of the molecule is CCCCCCC(C)(C)C(C)O. The Bertz CT molecular complexity index is 106. The summed E-state index contributed by atoms with van der Waals surface area (Å²) >= 11 is 0. The minimum Gasteiger partial charge on any atom is -0.393 e. The van der Waals surface area contributed by atoms with Crippen LogP contribution in [0.1, 0.15) is 59.8 Å². The first-order valence-electron chi connectivity index (χ1n) is 5.18. The summed E-state index contributed by atoms with van der Waals surface area (Å²) in [5.41, 5.74) is 0.105. The number of hydrogen-bond donors (Lipinski definition) is 1. The van der Waals surface area contributed by atoms with E-state index in [2.05, 4.69) is 20.8 Å². The maximum absolute atomic E-state index is 9.44. The molecule has 1 N–H and O–H groups in total. The molecule has 0 aliphatic heterocycles. The van der Waals surface area contributed by atoms with Gasteiger partial charge in [0, 0.05) is 0 Å². The van der Waals surface area contributed by atoms with E-state index in [0.29, 0.717) is 0 Å². The van der Waals surface area contributed by atoms with E-state index >= 15 is 0 Å². The maximum Gasteiger partial charge on any atom is 0.0563 e. The van der Waals surface area contributed by atoms with Gasteiger partial charge in [-0.05, 0) is 18.8 Å². The fourth-order valence-corrected chi connectivity index (χ4v) is 1.22. The van der Waals surface area contributed by atoms with Gasteiger partial charge in [-0.1, -0.05) is 46.5 Å². The summed E-state index contributed by atoms with van der Waals surface area (Å²) < 4.78 is 0. The lowest BCUT2D eigenvalue weighted by molar-refractivity contribution is 0.0577. The van der Waals surface area contributed by atoms with Crippen LogP contribution in [-0.4, -0.2) is 11.2 Å². The molecule has 0 aliphatic carbocycles. The minimum atomic E-state index is -0.181. The molecule has 0 aliphatic rings. The van der Waals surface area contributed by atoms with Crippen LogP contribution in [0.4, 0.5) is 0 Å². The summed E-state index contributed by atoms with van der Waals surface area (Å²) in [5, 5.41) is 9.44. The van der Waals surface area contributed by atoms with Gasteiger partial charge in [-0.25, -0.2) is 0 Å². The van der Waals surface area contributed by atoms with E-state index in [-0.39, 0.29) is 11.5 Å². The van der Waals surface area contributed by atoms with Crippen LogP contribution in [0.15, 0.2) is 0 Å². The molecule has 0 aromatic heterocycles. The van der Waals surface area contributed by atoms with Crippen molar-refractivity contribution in [3.8, 4) is 0 Å². The van der Waals surface area contributed by atoms with Crippen LogP contribution in [0.3, 0.4) is 0 Å². The van der Waals surface area contributed by atoms with Crippen LogP contribution >= 0.6 is 0 Å². The Kier molecular flexibility index (Phi) is 5.56. The Morgan fingerprint density at radius 2 is 1.75 bits per heavy atom. The summed E-state index contributed by atoms with van der Waals surface area (Å²) in [4.78, 5) is 0. The van der Waals surface area contributed by atoms with Gasteiger partial charge in [0.15, 0.2) is 0 Å². The number of hydrogen-bond acceptors (Lipinski definition) is 1. The van der Waals surface area contributed by atoms with Crippen molar-refractivity contribution in [1.29, 1.82) is 0 Å². The second-order valence-electron chi connectivity index (χ2n) is 4.48. The van der Waals surface area contributed by atoms with Crippen molar-refractivity contribution in [3.05, 3.63) is 0 Å².